The lowest BCUT2D eigenvalue weighted by atomic mass is 9.78. The third kappa shape index (κ3) is 8.92. The maximum atomic E-state index is 9.60. The summed E-state index contributed by atoms with van der Waals surface area (Å²) in [6, 6.07) is 5.87. The third-order valence-corrected chi connectivity index (χ3v) is 5.48. The molecule has 2 rings (SSSR count). The van der Waals surface area contributed by atoms with Crippen molar-refractivity contribution < 1.29 is 18.8 Å². The van der Waals surface area contributed by atoms with Gasteiger partial charge in [-0.2, -0.15) is 0 Å². The van der Waals surface area contributed by atoms with Gasteiger partial charge in [-0.25, -0.2) is 0 Å². The summed E-state index contributed by atoms with van der Waals surface area (Å²) in [6.45, 7) is 19.1. The van der Waals surface area contributed by atoms with Crippen molar-refractivity contribution in [2.45, 2.75) is 78.6 Å². The van der Waals surface area contributed by atoms with Crippen LogP contribution in [-0.4, -0.2) is 68.2 Å². The van der Waals surface area contributed by atoms with Gasteiger partial charge in [-0.05, 0) is 80.0 Å². The second-order valence-electron chi connectivity index (χ2n) is 10.1. The molecule has 1 fully saturated rings. The van der Waals surface area contributed by atoms with Crippen molar-refractivity contribution in [3.63, 3.8) is 0 Å². The molecule has 2 N–H and O–H groups in total. The first-order valence-electron chi connectivity index (χ1n) is 11.3. The molecule has 0 radical (unpaired) electrons. The quantitative estimate of drug-likeness (QED) is 0.285. The van der Waals surface area contributed by atoms with E-state index in [4.69, 9.17) is 15.0 Å². The van der Waals surface area contributed by atoms with E-state index < -0.39 is 0 Å². The van der Waals surface area contributed by atoms with Gasteiger partial charge in [0.2, 0.25) is 0 Å². The molecule has 0 saturated carbocycles. The third-order valence-electron chi connectivity index (χ3n) is 5.48. The van der Waals surface area contributed by atoms with Crippen LogP contribution in [-0.2, 0) is 18.8 Å². The highest BCUT2D eigenvalue weighted by Gasteiger charge is 2.51. The lowest BCUT2D eigenvalue weighted by Crippen LogP contribution is -2.41. The van der Waals surface area contributed by atoms with Gasteiger partial charge in [0.1, 0.15) is 5.60 Å². The van der Waals surface area contributed by atoms with Crippen molar-refractivity contribution in [3.05, 3.63) is 23.8 Å². The molecule has 1 aliphatic heterocycles. The number of rotatable bonds is 8. The summed E-state index contributed by atoms with van der Waals surface area (Å²) in [4.78, 5) is 16.4. The summed E-state index contributed by atoms with van der Waals surface area (Å²) in [7, 11) is 1.74. The van der Waals surface area contributed by atoms with Crippen molar-refractivity contribution in [2.24, 2.45) is 4.99 Å². The van der Waals surface area contributed by atoms with Gasteiger partial charge in [0.25, 0.3) is 6.47 Å². The molecule has 1 heterocycles. The summed E-state index contributed by atoms with van der Waals surface area (Å²) >= 11 is 0. The Labute approximate surface area is 194 Å². The molecule has 0 bridgehead atoms. The lowest BCUT2D eigenvalue weighted by Gasteiger charge is -2.32. The van der Waals surface area contributed by atoms with Crippen LogP contribution in [0.4, 0.5) is 5.69 Å². The second kappa shape index (κ2) is 11.8. The number of benzene rings is 1. The molecule has 0 unspecified atom stereocenters. The molecule has 0 aliphatic carbocycles. The number of ether oxygens (including phenoxy) is 1. The summed E-state index contributed by atoms with van der Waals surface area (Å²) < 4.78 is 16.8. The average molecular weight is 447 g/mol. The van der Waals surface area contributed by atoms with E-state index in [0.29, 0.717) is 12.2 Å². The fourth-order valence-corrected chi connectivity index (χ4v) is 2.86. The SMILES string of the molecule is CC(C)(C)OC=O.CCCN(C)CCN=Cc1cc(B2OC(C)(C)C(C)(C)O2)ccc1N. The number of hydrogen-bond acceptors (Lipinski definition) is 7. The zero-order valence-electron chi connectivity index (χ0n) is 21.4. The zero-order chi connectivity index (χ0) is 24.6. The second-order valence-corrected chi connectivity index (χ2v) is 10.1. The van der Waals surface area contributed by atoms with Crippen LogP contribution in [0.1, 0.15) is 67.4 Å². The van der Waals surface area contributed by atoms with E-state index in [1.165, 1.54) is 0 Å². The minimum atomic E-state index is -0.381. The number of carbonyl (C=O) groups is 1. The van der Waals surface area contributed by atoms with Crippen LogP contribution in [0.3, 0.4) is 0 Å². The van der Waals surface area contributed by atoms with E-state index in [2.05, 4.69) is 56.3 Å². The smallest absolute Gasteiger partial charge is 0.462 e. The topological polar surface area (TPSA) is 86.4 Å². The Balaban J connectivity index is 0.000000633. The first-order chi connectivity index (χ1) is 14.7. The molecule has 1 aromatic rings. The monoisotopic (exact) mass is 447 g/mol. The van der Waals surface area contributed by atoms with Crippen LogP contribution in [0.15, 0.2) is 23.2 Å². The fourth-order valence-electron chi connectivity index (χ4n) is 2.86. The molecule has 8 heteroatoms. The minimum Gasteiger partial charge on any atom is -0.462 e. The van der Waals surface area contributed by atoms with Gasteiger partial charge in [0, 0.05) is 24.0 Å². The summed E-state index contributed by atoms with van der Waals surface area (Å²) in [5.41, 5.74) is 7.67. The van der Waals surface area contributed by atoms with Crippen molar-refractivity contribution >= 4 is 31.0 Å². The Bertz CT molecular complexity index is 744. The highest BCUT2D eigenvalue weighted by Crippen LogP contribution is 2.36. The number of nitrogen functional groups attached to an aromatic ring is 1. The average Bonchev–Trinajstić information content (AvgIpc) is 2.87. The predicted molar refractivity (Wildman–Crippen MR) is 134 cm³/mol. The Morgan fingerprint density at radius 2 is 1.75 bits per heavy atom. The van der Waals surface area contributed by atoms with E-state index in [1.807, 2.05) is 45.2 Å². The van der Waals surface area contributed by atoms with Gasteiger partial charge in [0.15, 0.2) is 0 Å². The molecule has 1 aliphatic rings. The van der Waals surface area contributed by atoms with E-state index in [9.17, 15) is 4.79 Å². The Morgan fingerprint density at radius 1 is 1.16 bits per heavy atom. The zero-order valence-corrected chi connectivity index (χ0v) is 21.4. The van der Waals surface area contributed by atoms with Crippen molar-refractivity contribution in [3.8, 4) is 0 Å². The molecule has 1 saturated heterocycles. The molecule has 0 spiro atoms. The van der Waals surface area contributed by atoms with Crippen LogP contribution in [0, 0.1) is 0 Å². The van der Waals surface area contributed by atoms with Crippen LogP contribution in [0.25, 0.3) is 0 Å². The highest BCUT2D eigenvalue weighted by molar-refractivity contribution is 6.62. The molecule has 1 aromatic carbocycles. The maximum Gasteiger partial charge on any atom is 0.494 e. The largest absolute Gasteiger partial charge is 0.494 e. The molecular formula is C24H42BN3O4. The van der Waals surface area contributed by atoms with Crippen LogP contribution < -0.4 is 11.2 Å². The number of carbonyl (C=O) groups excluding carboxylic acids is 1. The number of nitrogens with two attached hydrogens (primary N) is 1. The summed E-state index contributed by atoms with van der Waals surface area (Å²) in [5.74, 6) is 0. The lowest BCUT2D eigenvalue weighted by molar-refractivity contribution is -0.138. The number of hydrogen-bond donors (Lipinski definition) is 1. The number of aliphatic imine (C=N–C) groups is 1. The number of likely N-dealkylation sites (N-methyl/N-ethyl adjacent to an activating group) is 1. The standard InChI is InChI=1S/C19H32BN3O2.C5H10O2/c1-7-11-23(6)12-10-22-14-15-13-16(8-9-17(15)21)20-24-18(2,3)19(4,5)25-20;1-5(2,3)7-4-6/h8-9,13-14H,7,10-12,21H2,1-6H3;4H,1-3H3. The van der Waals surface area contributed by atoms with Gasteiger partial charge < -0.3 is 24.7 Å². The maximum absolute atomic E-state index is 9.60. The Morgan fingerprint density at radius 3 is 2.22 bits per heavy atom. The van der Waals surface area contributed by atoms with Gasteiger partial charge in [-0.3, -0.25) is 9.79 Å². The molecule has 180 valence electrons. The Kier molecular flexibility index (Phi) is 10.4. The Hall–Kier alpha value is -1.90. The van der Waals surface area contributed by atoms with E-state index in [0.717, 1.165) is 37.1 Å². The van der Waals surface area contributed by atoms with Gasteiger partial charge in [-0.15, -0.1) is 0 Å². The number of anilines is 1. The summed E-state index contributed by atoms with van der Waals surface area (Å²) in [5, 5.41) is 0. The molecule has 0 aromatic heterocycles. The molecule has 0 atom stereocenters. The van der Waals surface area contributed by atoms with Crippen molar-refractivity contribution in [1.29, 1.82) is 0 Å². The van der Waals surface area contributed by atoms with Crippen molar-refractivity contribution in [2.75, 3.05) is 32.4 Å². The highest BCUT2D eigenvalue weighted by atomic mass is 16.7. The number of nitrogens with zero attached hydrogens (tertiary/aromatic N) is 2. The van der Waals surface area contributed by atoms with Gasteiger partial charge in [0.05, 0.1) is 17.7 Å². The van der Waals surface area contributed by atoms with Crippen LogP contribution >= 0.6 is 0 Å². The van der Waals surface area contributed by atoms with E-state index in [1.54, 1.807) is 0 Å². The van der Waals surface area contributed by atoms with Crippen molar-refractivity contribution in [1.82, 2.24) is 4.90 Å². The fraction of sp³-hybridized carbons (Fsp3) is 0.667. The summed E-state index contributed by atoms with van der Waals surface area (Å²) in [6.07, 6.45) is 3.01. The van der Waals surface area contributed by atoms with Crippen LogP contribution in [0.2, 0.25) is 0 Å². The molecular weight excluding hydrogens is 405 g/mol. The van der Waals surface area contributed by atoms with E-state index >= 15 is 0 Å². The molecule has 0 amide bonds. The molecule has 7 nitrogen and oxygen atoms in total. The molecule has 32 heavy (non-hydrogen) atoms. The minimum absolute atomic E-state index is 0.318. The van der Waals surface area contributed by atoms with E-state index in [-0.39, 0.29) is 23.9 Å². The van der Waals surface area contributed by atoms with Crippen LogP contribution in [0.5, 0.6) is 0 Å². The van der Waals surface area contributed by atoms with Gasteiger partial charge in [-0.1, -0.05) is 19.1 Å². The van der Waals surface area contributed by atoms with Gasteiger partial charge >= 0.3 is 7.12 Å². The normalized spacial score (nSPS) is 17.4. The predicted octanol–water partition coefficient (Wildman–Crippen LogP) is 3.29. The first-order valence-corrected chi connectivity index (χ1v) is 11.3. The first kappa shape index (κ1) is 28.1.